The van der Waals surface area contributed by atoms with Crippen LogP contribution in [0.4, 0.5) is 0 Å². The zero-order valence-corrected chi connectivity index (χ0v) is 9.34. The predicted molar refractivity (Wildman–Crippen MR) is 55.9 cm³/mol. The highest BCUT2D eigenvalue weighted by Crippen LogP contribution is 2.28. The van der Waals surface area contributed by atoms with Gasteiger partial charge in [0.05, 0.1) is 11.6 Å². The summed E-state index contributed by atoms with van der Waals surface area (Å²) in [5.41, 5.74) is -0.719. The molecule has 0 radical (unpaired) electrons. The van der Waals surface area contributed by atoms with Crippen LogP contribution in [-0.2, 0) is 4.79 Å². The number of nitrogens with one attached hydrogen (secondary N) is 1. The summed E-state index contributed by atoms with van der Waals surface area (Å²) in [5.74, 6) is 0.0323. The molecule has 0 heterocycles. The zero-order chi connectivity index (χ0) is 10.8. The fraction of sp³-hybridized carbons (Fsp3) is 0.909. The highest BCUT2D eigenvalue weighted by atomic mass is 16.3. The molecular weight excluding hydrogens is 178 g/mol. The molecule has 0 saturated heterocycles. The van der Waals surface area contributed by atoms with E-state index in [1.54, 1.807) is 0 Å². The van der Waals surface area contributed by atoms with E-state index in [4.69, 9.17) is 0 Å². The van der Waals surface area contributed by atoms with Gasteiger partial charge in [-0.1, -0.05) is 26.7 Å². The minimum absolute atomic E-state index is 0.00673. The van der Waals surface area contributed by atoms with Gasteiger partial charge in [0.15, 0.2) is 0 Å². The van der Waals surface area contributed by atoms with E-state index in [2.05, 4.69) is 5.32 Å². The third-order valence-electron chi connectivity index (χ3n) is 3.02. The van der Waals surface area contributed by atoms with E-state index in [1.165, 1.54) is 0 Å². The van der Waals surface area contributed by atoms with Gasteiger partial charge in [-0.05, 0) is 19.8 Å². The lowest BCUT2D eigenvalue weighted by atomic mass is 9.81. The monoisotopic (exact) mass is 199 g/mol. The number of carbonyl (C=O) groups excluding carboxylic acids is 1. The quantitative estimate of drug-likeness (QED) is 0.707. The van der Waals surface area contributed by atoms with Crippen molar-refractivity contribution in [3.8, 4) is 0 Å². The normalized spacial score (nSPS) is 33.1. The molecular formula is C11H21NO2. The Bertz CT molecular complexity index is 211. The standard InChI is InChI=1S/C11H21NO2/c1-8(2)10(13)12-9-6-4-5-7-11(9,3)14/h8-9,14H,4-7H2,1-3H3,(H,12,13). The molecule has 0 spiro atoms. The van der Waals surface area contributed by atoms with Crippen LogP contribution in [0.25, 0.3) is 0 Å². The Morgan fingerprint density at radius 1 is 1.50 bits per heavy atom. The predicted octanol–water partition coefficient (Wildman–Crippen LogP) is 1.45. The van der Waals surface area contributed by atoms with Crippen LogP contribution in [0, 0.1) is 5.92 Å². The Morgan fingerprint density at radius 3 is 2.64 bits per heavy atom. The Labute approximate surface area is 85.9 Å². The Balaban J connectivity index is 2.54. The maximum Gasteiger partial charge on any atom is 0.222 e. The second-order valence-electron chi connectivity index (χ2n) is 4.82. The van der Waals surface area contributed by atoms with Gasteiger partial charge in [0.1, 0.15) is 0 Å². The molecule has 0 aromatic carbocycles. The molecule has 1 fully saturated rings. The van der Waals surface area contributed by atoms with Gasteiger partial charge in [-0.15, -0.1) is 0 Å². The van der Waals surface area contributed by atoms with Gasteiger partial charge in [-0.25, -0.2) is 0 Å². The molecule has 82 valence electrons. The molecule has 14 heavy (non-hydrogen) atoms. The maximum absolute atomic E-state index is 11.5. The van der Waals surface area contributed by atoms with Gasteiger partial charge in [-0.3, -0.25) is 4.79 Å². The minimum atomic E-state index is -0.719. The van der Waals surface area contributed by atoms with Crippen LogP contribution in [0.1, 0.15) is 46.5 Å². The number of aliphatic hydroxyl groups is 1. The molecule has 1 rings (SSSR count). The van der Waals surface area contributed by atoms with Gasteiger partial charge in [0.25, 0.3) is 0 Å². The molecule has 3 nitrogen and oxygen atoms in total. The molecule has 0 aromatic heterocycles. The summed E-state index contributed by atoms with van der Waals surface area (Å²) in [6.45, 7) is 5.55. The van der Waals surface area contributed by atoms with E-state index in [1.807, 2.05) is 20.8 Å². The molecule has 3 heteroatoms. The number of carbonyl (C=O) groups is 1. The van der Waals surface area contributed by atoms with Gasteiger partial charge < -0.3 is 10.4 Å². The first-order valence-corrected chi connectivity index (χ1v) is 5.46. The summed E-state index contributed by atoms with van der Waals surface area (Å²) < 4.78 is 0. The largest absolute Gasteiger partial charge is 0.388 e. The average Bonchev–Trinajstić information content (AvgIpc) is 2.08. The molecule has 2 atom stereocenters. The minimum Gasteiger partial charge on any atom is -0.388 e. The highest BCUT2D eigenvalue weighted by Gasteiger charge is 2.35. The zero-order valence-electron chi connectivity index (χ0n) is 9.34. The van der Waals surface area contributed by atoms with Crippen molar-refractivity contribution in [2.45, 2.75) is 58.1 Å². The molecule has 1 aliphatic carbocycles. The average molecular weight is 199 g/mol. The van der Waals surface area contributed by atoms with Crippen molar-refractivity contribution in [1.82, 2.24) is 5.32 Å². The summed E-state index contributed by atoms with van der Waals surface area (Å²) in [7, 11) is 0. The van der Waals surface area contributed by atoms with Gasteiger partial charge in [-0.2, -0.15) is 0 Å². The molecule has 1 aliphatic rings. The first kappa shape index (κ1) is 11.5. The highest BCUT2D eigenvalue weighted by molar-refractivity contribution is 5.78. The third kappa shape index (κ3) is 2.71. The second kappa shape index (κ2) is 4.30. The van der Waals surface area contributed by atoms with E-state index >= 15 is 0 Å². The summed E-state index contributed by atoms with van der Waals surface area (Å²) >= 11 is 0. The lowest BCUT2D eigenvalue weighted by molar-refractivity contribution is -0.127. The molecule has 0 aliphatic heterocycles. The molecule has 0 aromatic rings. The van der Waals surface area contributed by atoms with Crippen molar-refractivity contribution in [1.29, 1.82) is 0 Å². The van der Waals surface area contributed by atoms with Crippen LogP contribution in [-0.4, -0.2) is 22.7 Å². The molecule has 1 amide bonds. The van der Waals surface area contributed by atoms with Crippen molar-refractivity contribution in [2.75, 3.05) is 0 Å². The van der Waals surface area contributed by atoms with Crippen molar-refractivity contribution >= 4 is 5.91 Å². The molecule has 0 bridgehead atoms. The molecule has 1 saturated carbocycles. The summed E-state index contributed by atoms with van der Waals surface area (Å²) in [6, 6.07) is -0.0637. The van der Waals surface area contributed by atoms with E-state index < -0.39 is 5.60 Å². The van der Waals surface area contributed by atoms with Crippen molar-refractivity contribution < 1.29 is 9.90 Å². The van der Waals surface area contributed by atoms with Crippen LogP contribution >= 0.6 is 0 Å². The fourth-order valence-electron chi connectivity index (χ4n) is 1.88. The summed E-state index contributed by atoms with van der Waals surface area (Å²) in [6.07, 6.45) is 3.84. The first-order valence-electron chi connectivity index (χ1n) is 5.46. The van der Waals surface area contributed by atoms with Crippen molar-refractivity contribution in [3.05, 3.63) is 0 Å². The third-order valence-corrected chi connectivity index (χ3v) is 3.02. The Hall–Kier alpha value is -0.570. The van der Waals surface area contributed by atoms with E-state index in [0.29, 0.717) is 0 Å². The van der Waals surface area contributed by atoms with Gasteiger partial charge in [0.2, 0.25) is 5.91 Å². The van der Waals surface area contributed by atoms with E-state index in [9.17, 15) is 9.90 Å². The smallest absolute Gasteiger partial charge is 0.222 e. The van der Waals surface area contributed by atoms with Gasteiger partial charge >= 0.3 is 0 Å². The SMILES string of the molecule is CC(C)C(=O)NC1CCCCC1(C)O. The first-order chi connectivity index (χ1) is 6.43. The fourth-order valence-corrected chi connectivity index (χ4v) is 1.88. The van der Waals surface area contributed by atoms with Crippen molar-refractivity contribution in [3.63, 3.8) is 0 Å². The van der Waals surface area contributed by atoms with Gasteiger partial charge in [0, 0.05) is 5.92 Å². The van der Waals surface area contributed by atoms with Crippen LogP contribution < -0.4 is 5.32 Å². The van der Waals surface area contributed by atoms with E-state index in [-0.39, 0.29) is 17.9 Å². The van der Waals surface area contributed by atoms with E-state index in [0.717, 1.165) is 25.7 Å². The lowest BCUT2D eigenvalue weighted by Gasteiger charge is -2.37. The Kier molecular flexibility index (Phi) is 3.53. The van der Waals surface area contributed by atoms with Crippen LogP contribution in [0.5, 0.6) is 0 Å². The number of hydrogen-bond donors (Lipinski definition) is 2. The van der Waals surface area contributed by atoms with Crippen LogP contribution in [0.15, 0.2) is 0 Å². The molecule has 2 unspecified atom stereocenters. The topological polar surface area (TPSA) is 49.3 Å². The second-order valence-corrected chi connectivity index (χ2v) is 4.82. The number of rotatable bonds is 2. The lowest BCUT2D eigenvalue weighted by Crippen LogP contribution is -2.53. The maximum atomic E-state index is 11.5. The summed E-state index contributed by atoms with van der Waals surface area (Å²) in [4.78, 5) is 11.5. The summed E-state index contributed by atoms with van der Waals surface area (Å²) in [5, 5.41) is 13.0. The number of hydrogen-bond acceptors (Lipinski definition) is 2. The Morgan fingerprint density at radius 2 is 2.14 bits per heavy atom. The van der Waals surface area contributed by atoms with Crippen LogP contribution in [0.3, 0.4) is 0 Å². The molecule has 2 N–H and O–H groups in total. The van der Waals surface area contributed by atoms with Crippen molar-refractivity contribution in [2.24, 2.45) is 5.92 Å². The van der Waals surface area contributed by atoms with Crippen LogP contribution in [0.2, 0.25) is 0 Å². The number of amides is 1.